The normalized spacial score (nSPS) is 23.8. The Morgan fingerprint density at radius 2 is 1.94 bits per heavy atom. The molecule has 0 aromatic rings. The summed E-state index contributed by atoms with van der Waals surface area (Å²) >= 11 is 0. The molecular formula is C13H26IN3O. The quantitative estimate of drug-likeness (QED) is 0.457. The predicted octanol–water partition coefficient (Wildman–Crippen LogP) is 2.14. The Morgan fingerprint density at radius 3 is 2.44 bits per heavy atom. The average Bonchev–Trinajstić information content (AvgIpc) is 2.33. The van der Waals surface area contributed by atoms with Crippen LogP contribution in [0.4, 0.5) is 0 Å². The molecule has 106 valence electrons. The SMILES string of the molecule is CN=C(NCC1(C)COC1)NC1CCCCC1.I. The lowest BCUT2D eigenvalue weighted by Crippen LogP contribution is -2.52. The number of ether oxygens (including phenoxy) is 1. The van der Waals surface area contributed by atoms with E-state index in [1.54, 1.807) is 0 Å². The van der Waals surface area contributed by atoms with Gasteiger partial charge in [0, 0.05) is 25.0 Å². The lowest BCUT2D eigenvalue weighted by Gasteiger charge is -2.38. The van der Waals surface area contributed by atoms with Crippen molar-refractivity contribution in [1.82, 2.24) is 10.6 Å². The van der Waals surface area contributed by atoms with Crippen molar-refractivity contribution < 1.29 is 4.74 Å². The summed E-state index contributed by atoms with van der Waals surface area (Å²) in [5, 5.41) is 6.94. The van der Waals surface area contributed by atoms with Gasteiger partial charge in [-0.1, -0.05) is 26.2 Å². The standard InChI is InChI=1S/C13H25N3O.HI/c1-13(9-17-10-13)8-15-12(14-2)16-11-6-4-3-5-7-11;/h11H,3-10H2,1-2H3,(H2,14,15,16);1H. The van der Waals surface area contributed by atoms with E-state index in [4.69, 9.17) is 4.74 Å². The number of nitrogens with one attached hydrogen (secondary N) is 2. The number of nitrogens with zero attached hydrogens (tertiary/aromatic N) is 1. The van der Waals surface area contributed by atoms with Crippen LogP contribution in [0.15, 0.2) is 4.99 Å². The van der Waals surface area contributed by atoms with Crippen LogP contribution in [0.1, 0.15) is 39.0 Å². The molecule has 4 nitrogen and oxygen atoms in total. The second-order valence-electron chi connectivity index (χ2n) is 5.71. The smallest absolute Gasteiger partial charge is 0.191 e. The van der Waals surface area contributed by atoms with Crippen LogP contribution in [0.3, 0.4) is 0 Å². The topological polar surface area (TPSA) is 45.7 Å². The van der Waals surface area contributed by atoms with Crippen LogP contribution < -0.4 is 10.6 Å². The van der Waals surface area contributed by atoms with Crippen molar-refractivity contribution in [1.29, 1.82) is 0 Å². The maximum Gasteiger partial charge on any atom is 0.191 e. The molecule has 0 bridgehead atoms. The predicted molar refractivity (Wildman–Crippen MR) is 85.7 cm³/mol. The Labute approximate surface area is 127 Å². The summed E-state index contributed by atoms with van der Waals surface area (Å²) in [4.78, 5) is 4.30. The zero-order valence-electron chi connectivity index (χ0n) is 11.5. The van der Waals surface area contributed by atoms with Gasteiger partial charge in [0.1, 0.15) is 0 Å². The third-order valence-electron chi connectivity index (χ3n) is 3.75. The van der Waals surface area contributed by atoms with E-state index in [1.165, 1.54) is 32.1 Å². The van der Waals surface area contributed by atoms with Gasteiger partial charge >= 0.3 is 0 Å². The number of hydrogen-bond acceptors (Lipinski definition) is 2. The minimum absolute atomic E-state index is 0. The fraction of sp³-hybridized carbons (Fsp3) is 0.923. The third-order valence-corrected chi connectivity index (χ3v) is 3.75. The molecule has 2 N–H and O–H groups in total. The lowest BCUT2D eigenvalue weighted by molar-refractivity contribution is -0.0971. The molecule has 1 aliphatic heterocycles. The van der Waals surface area contributed by atoms with E-state index in [2.05, 4.69) is 22.5 Å². The summed E-state index contributed by atoms with van der Waals surface area (Å²) in [6, 6.07) is 0.611. The van der Waals surface area contributed by atoms with Gasteiger partial charge in [-0.2, -0.15) is 0 Å². The number of guanidine groups is 1. The van der Waals surface area contributed by atoms with Gasteiger partial charge in [-0.25, -0.2) is 0 Å². The van der Waals surface area contributed by atoms with Crippen LogP contribution in [0.2, 0.25) is 0 Å². The molecule has 0 amide bonds. The second-order valence-corrected chi connectivity index (χ2v) is 5.71. The summed E-state index contributed by atoms with van der Waals surface area (Å²) in [6.45, 7) is 4.91. The van der Waals surface area contributed by atoms with Gasteiger partial charge in [0.2, 0.25) is 0 Å². The van der Waals surface area contributed by atoms with E-state index < -0.39 is 0 Å². The second kappa shape index (κ2) is 7.53. The van der Waals surface area contributed by atoms with E-state index in [0.717, 1.165) is 25.7 Å². The number of hydrogen-bond donors (Lipinski definition) is 2. The van der Waals surface area contributed by atoms with Crippen LogP contribution >= 0.6 is 24.0 Å². The van der Waals surface area contributed by atoms with Crippen molar-refractivity contribution in [3.8, 4) is 0 Å². The molecule has 1 heterocycles. The molecule has 2 rings (SSSR count). The molecule has 0 aromatic carbocycles. The minimum atomic E-state index is 0. The molecule has 1 aliphatic carbocycles. The summed E-state index contributed by atoms with van der Waals surface area (Å²) < 4.78 is 5.25. The fourth-order valence-electron chi connectivity index (χ4n) is 2.48. The highest BCUT2D eigenvalue weighted by Crippen LogP contribution is 2.25. The summed E-state index contributed by atoms with van der Waals surface area (Å²) in [5.74, 6) is 0.949. The van der Waals surface area contributed by atoms with E-state index in [1.807, 2.05) is 7.05 Å². The Balaban J connectivity index is 0.00000162. The molecule has 1 saturated carbocycles. The van der Waals surface area contributed by atoms with Crippen LogP contribution in [0, 0.1) is 5.41 Å². The van der Waals surface area contributed by atoms with E-state index in [9.17, 15) is 0 Å². The maximum absolute atomic E-state index is 5.25. The Bertz CT molecular complexity index is 273. The van der Waals surface area contributed by atoms with E-state index in [0.29, 0.717) is 11.5 Å². The highest BCUT2D eigenvalue weighted by molar-refractivity contribution is 14.0. The molecule has 0 atom stereocenters. The molecule has 2 aliphatic rings. The van der Waals surface area contributed by atoms with Crippen molar-refractivity contribution in [2.45, 2.75) is 45.1 Å². The molecule has 0 aromatic heterocycles. The van der Waals surface area contributed by atoms with Crippen molar-refractivity contribution >= 4 is 29.9 Å². The first-order chi connectivity index (χ1) is 8.22. The van der Waals surface area contributed by atoms with Gasteiger partial charge in [0.25, 0.3) is 0 Å². The average molecular weight is 367 g/mol. The van der Waals surface area contributed by atoms with Gasteiger partial charge < -0.3 is 15.4 Å². The zero-order chi connectivity index (χ0) is 12.1. The first kappa shape index (κ1) is 16.0. The Morgan fingerprint density at radius 1 is 1.28 bits per heavy atom. The monoisotopic (exact) mass is 367 g/mol. The van der Waals surface area contributed by atoms with Gasteiger partial charge in [-0.15, -0.1) is 24.0 Å². The molecule has 5 heteroatoms. The molecule has 1 saturated heterocycles. The fourth-order valence-corrected chi connectivity index (χ4v) is 2.48. The maximum atomic E-state index is 5.25. The number of rotatable bonds is 3. The first-order valence-electron chi connectivity index (χ1n) is 6.77. The van der Waals surface area contributed by atoms with Crippen molar-refractivity contribution in [3.63, 3.8) is 0 Å². The Hall–Kier alpha value is -0.0400. The van der Waals surface area contributed by atoms with Gasteiger partial charge in [0.05, 0.1) is 13.2 Å². The molecular weight excluding hydrogens is 341 g/mol. The van der Waals surface area contributed by atoms with E-state index in [-0.39, 0.29) is 24.0 Å². The minimum Gasteiger partial charge on any atom is -0.380 e. The van der Waals surface area contributed by atoms with Crippen LogP contribution in [-0.4, -0.2) is 38.8 Å². The molecule has 18 heavy (non-hydrogen) atoms. The lowest BCUT2D eigenvalue weighted by atomic mass is 9.89. The van der Waals surface area contributed by atoms with Gasteiger partial charge in [-0.3, -0.25) is 4.99 Å². The highest BCUT2D eigenvalue weighted by atomic mass is 127. The summed E-state index contributed by atoms with van der Waals surface area (Å²) in [7, 11) is 1.85. The van der Waals surface area contributed by atoms with Gasteiger partial charge in [-0.05, 0) is 12.8 Å². The van der Waals surface area contributed by atoms with Crippen LogP contribution in [-0.2, 0) is 4.74 Å². The third kappa shape index (κ3) is 4.57. The zero-order valence-corrected chi connectivity index (χ0v) is 13.8. The first-order valence-corrected chi connectivity index (χ1v) is 6.77. The molecule has 2 fully saturated rings. The summed E-state index contributed by atoms with van der Waals surface area (Å²) in [6.07, 6.45) is 6.64. The highest BCUT2D eigenvalue weighted by Gasteiger charge is 2.33. The van der Waals surface area contributed by atoms with Crippen LogP contribution in [0.5, 0.6) is 0 Å². The van der Waals surface area contributed by atoms with Gasteiger partial charge in [0.15, 0.2) is 5.96 Å². The van der Waals surface area contributed by atoms with Crippen molar-refractivity contribution in [2.24, 2.45) is 10.4 Å². The number of aliphatic imine (C=N–C) groups is 1. The van der Waals surface area contributed by atoms with Crippen molar-refractivity contribution in [2.75, 3.05) is 26.8 Å². The van der Waals surface area contributed by atoms with Crippen molar-refractivity contribution in [3.05, 3.63) is 0 Å². The molecule has 0 unspecified atom stereocenters. The summed E-state index contributed by atoms with van der Waals surface area (Å²) in [5.41, 5.74) is 0.296. The molecule has 0 spiro atoms. The largest absolute Gasteiger partial charge is 0.380 e. The van der Waals surface area contributed by atoms with Crippen LogP contribution in [0.25, 0.3) is 0 Å². The Kier molecular flexibility index (Phi) is 6.70. The van der Waals surface area contributed by atoms with E-state index >= 15 is 0 Å². The molecule has 0 radical (unpaired) electrons. The number of halogens is 1.